The van der Waals surface area contributed by atoms with E-state index in [1.807, 2.05) is 36.4 Å². The van der Waals surface area contributed by atoms with Crippen molar-refractivity contribution in [1.82, 2.24) is 0 Å². The van der Waals surface area contributed by atoms with Crippen LogP contribution >= 0.6 is 0 Å². The Kier molecular flexibility index (Phi) is 4.77. The quantitative estimate of drug-likeness (QED) is 0.183. The molecule has 3 aliphatic rings. The second-order valence-corrected chi connectivity index (χ2v) is 12.4. The Morgan fingerprint density at radius 2 is 1.19 bits per heavy atom. The summed E-state index contributed by atoms with van der Waals surface area (Å²) >= 11 is 0. The number of allylic oxidation sites excluding steroid dienone is 7. The molecule has 220 valence electrons. The smallest absolute Gasteiger partial charge is 0.131 e. The molecule has 0 amide bonds. The van der Waals surface area contributed by atoms with E-state index in [9.17, 15) is 0 Å². The van der Waals surface area contributed by atoms with Crippen molar-refractivity contribution in [2.24, 2.45) is 5.92 Å². The third-order valence-corrected chi connectivity index (χ3v) is 9.97. The minimum atomic E-state index is -0.398. The zero-order valence-corrected chi connectivity index (χ0v) is 25.3. The Hall–Kier alpha value is -5.92. The molecule has 47 heavy (non-hydrogen) atoms. The van der Waals surface area contributed by atoms with Crippen molar-refractivity contribution < 1.29 is 11.6 Å². The standard InChI is InChI=1S/C46H30O/c1-2-12-29(13-3-1)44-37-18-6-8-20-39(37)46(40-21-9-7-19-38(40)44)41-27-26-32(33-16-4-5-17-34(33)41)31-24-25-35-36-22-10-14-30-15-11-23-42(45(30)36)47-43(35)28-31/h1-28,36,45H/i1D,2D,3D,12D,13D. The highest BCUT2D eigenvalue weighted by Gasteiger charge is 2.37. The molecule has 1 nitrogen and oxygen atoms in total. The molecule has 1 heterocycles. The van der Waals surface area contributed by atoms with Crippen LogP contribution in [0.2, 0.25) is 0 Å². The van der Waals surface area contributed by atoms with Gasteiger partial charge in [-0.3, -0.25) is 0 Å². The minimum absolute atomic E-state index is 0.207. The summed E-state index contributed by atoms with van der Waals surface area (Å²) in [5.41, 5.74) is 7.61. The lowest BCUT2D eigenvalue weighted by Crippen LogP contribution is -2.27. The summed E-state index contributed by atoms with van der Waals surface area (Å²) in [6.07, 6.45) is 12.9. The highest BCUT2D eigenvalue weighted by atomic mass is 16.5. The summed E-state index contributed by atoms with van der Waals surface area (Å²) in [7, 11) is 0. The zero-order chi connectivity index (χ0) is 35.2. The van der Waals surface area contributed by atoms with Crippen LogP contribution in [0.25, 0.3) is 65.7 Å². The second kappa shape index (κ2) is 10.3. The van der Waals surface area contributed by atoms with Crippen molar-refractivity contribution in [3.05, 3.63) is 187 Å². The summed E-state index contributed by atoms with van der Waals surface area (Å²) in [6, 6.07) is 34.0. The molecule has 2 atom stereocenters. The van der Waals surface area contributed by atoms with E-state index in [4.69, 9.17) is 11.6 Å². The van der Waals surface area contributed by atoms with Crippen LogP contribution in [-0.4, -0.2) is 0 Å². The molecule has 0 saturated carbocycles. The van der Waals surface area contributed by atoms with Gasteiger partial charge in [0, 0.05) is 11.5 Å². The largest absolute Gasteiger partial charge is 0.461 e. The minimum Gasteiger partial charge on any atom is -0.461 e. The number of benzene rings is 7. The Morgan fingerprint density at radius 3 is 1.91 bits per heavy atom. The van der Waals surface area contributed by atoms with Gasteiger partial charge in [0.2, 0.25) is 0 Å². The third kappa shape index (κ3) is 3.96. The van der Waals surface area contributed by atoms with Crippen molar-refractivity contribution in [2.75, 3.05) is 0 Å². The first-order chi connectivity index (χ1) is 25.4. The Bertz CT molecular complexity index is 2760. The van der Waals surface area contributed by atoms with Crippen LogP contribution in [0.4, 0.5) is 0 Å². The van der Waals surface area contributed by atoms with Gasteiger partial charge in [0.05, 0.1) is 12.8 Å². The molecular weight excluding hydrogens is 569 g/mol. The van der Waals surface area contributed by atoms with E-state index >= 15 is 0 Å². The Balaban J connectivity index is 1.20. The molecule has 0 saturated heterocycles. The van der Waals surface area contributed by atoms with E-state index in [-0.39, 0.29) is 41.6 Å². The molecule has 0 fully saturated rings. The Morgan fingerprint density at radius 1 is 0.553 bits per heavy atom. The predicted molar refractivity (Wildman–Crippen MR) is 197 cm³/mol. The highest BCUT2D eigenvalue weighted by molar-refractivity contribution is 6.24. The number of hydrogen-bond donors (Lipinski definition) is 0. The van der Waals surface area contributed by atoms with Gasteiger partial charge in [-0.1, -0.05) is 158 Å². The zero-order valence-electron chi connectivity index (χ0n) is 30.3. The van der Waals surface area contributed by atoms with Crippen molar-refractivity contribution in [1.29, 1.82) is 0 Å². The number of fused-ring (bicyclic) bond motifs is 5. The summed E-state index contributed by atoms with van der Waals surface area (Å²) in [6.45, 7) is 0. The molecule has 0 spiro atoms. The Labute approximate surface area is 281 Å². The van der Waals surface area contributed by atoms with Gasteiger partial charge in [-0.2, -0.15) is 0 Å². The van der Waals surface area contributed by atoms with E-state index in [0.717, 1.165) is 66.1 Å². The molecule has 7 aromatic rings. The predicted octanol–water partition coefficient (Wildman–Crippen LogP) is 12.2. The van der Waals surface area contributed by atoms with Crippen LogP contribution in [0.15, 0.2) is 181 Å². The molecule has 0 aromatic heterocycles. The van der Waals surface area contributed by atoms with E-state index in [2.05, 4.69) is 103 Å². The number of ether oxygens (including phenoxy) is 1. The average molecular weight is 604 g/mol. The van der Waals surface area contributed by atoms with Gasteiger partial charge < -0.3 is 4.74 Å². The van der Waals surface area contributed by atoms with Gasteiger partial charge in [-0.25, -0.2) is 0 Å². The van der Waals surface area contributed by atoms with Crippen LogP contribution in [-0.2, 0) is 0 Å². The van der Waals surface area contributed by atoms with Crippen molar-refractivity contribution in [3.8, 4) is 39.1 Å². The van der Waals surface area contributed by atoms with E-state index < -0.39 is 6.04 Å². The van der Waals surface area contributed by atoms with Crippen molar-refractivity contribution in [2.45, 2.75) is 5.92 Å². The van der Waals surface area contributed by atoms with Crippen LogP contribution in [0.5, 0.6) is 5.75 Å². The maximum Gasteiger partial charge on any atom is 0.131 e. The second-order valence-electron chi connectivity index (χ2n) is 12.4. The van der Waals surface area contributed by atoms with Crippen LogP contribution < -0.4 is 4.74 Å². The fourth-order valence-corrected chi connectivity index (χ4v) is 7.97. The molecule has 1 heteroatoms. The fourth-order valence-electron chi connectivity index (χ4n) is 7.97. The lowest BCUT2D eigenvalue weighted by Gasteiger charge is -2.37. The average Bonchev–Trinajstić information content (AvgIpc) is 3.19. The van der Waals surface area contributed by atoms with E-state index in [0.29, 0.717) is 5.56 Å². The van der Waals surface area contributed by atoms with Gasteiger partial charge in [0.25, 0.3) is 0 Å². The first kappa shape index (κ1) is 21.8. The molecular formula is C46H30O. The summed E-state index contributed by atoms with van der Waals surface area (Å²) in [5.74, 6) is 2.32. The third-order valence-electron chi connectivity index (χ3n) is 9.97. The molecule has 2 aliphatic carbocycles. The molecule has 0 radical (unpaired) electrons. The van der Waals surface area contributed by atoms with Crippen molar-refractivity contribution in [3.63, 3.8) is 0 Å². The summed E-state index contributed by atoms with van der Waals surface area (Å²) in [4.78, 5) is 0. The summed E-state index contributed by atoms with van der Waals surface area (Å²) in [5, 5.41) is 5.75. The molecule has 7 aromatic carbocycles. The molecule has 0 N–H and O–H groups in total. The van der Waals surface area contributed by atoms with Crippen LogP contribution in [0, 0.1) is 5.92 Å². The SMILES string of the molecule is [2H]c1c([2H])c([2H])c(-c2c3ccccc3c(-c3ccc(-c4ccc5c(c4)OC4=CC=CC6=CC=CC5C64)c4ccccc34)c3ccccc23)c([2H])c1[2H]. The monoisotopic (exact) mass is 603 g/mol. The van der Waals surface area contributed by atoms with Crippen molar-refractivity contribution >= 4 is 32.3 Å². The molecule has 0 bridgehead atoms. The summed E-state index contributed by atoms with van der Waals surface area (Å²) < 4.78 is 49.5. The first-order valence-corrected chi connectivity index (χ1v) is 16.0. The molecule has 2 unspecified atom stereocenters. The topological polar surface area (TPSA) is 9.23 Å². The lowest BCUT2D eigenvalue weighted by molar-refractivity contribution is 0.319. The normalized spacial score (nSPS) is 19.1. The molecule has 1 aliphatic heterocycles. The van der Waals surface area contributed by atoms with Gasteiger partial charge >= 0.3 is 0 Å². The van der Waals surface area contributed by atoms with Gasteiger partial charge in [0.1, 0.15) is 11.5 Å². The van der Waals surface area contributed by atoms with Crippen LogP contribution in [0.1, 0.15) is 18.3 Å². The maximum absolute atomic E-state index is 8.90. The number of hydrogen-bond acceptors (Lipinski definition) is 1. The first-order valence-electron chi connectivity index (χ1n) is 18.5. The molecule has 10 rings (SSSR count). The van der Waals surface area contributed by atoms with E-state index in [1.165, 1.54) is 11.1 Å². The van der Waals surface area contributed by atoms with Gasteiger partial charge in [0.15, 0.2) is 0 Å². The lowest BCUT2D eigenvalue weighted by atomic mass is 9.73. The van der Waals surface area contributed by atoms with Crippen LogP contribution in [0.3, 0.4) is 0 Å². The van der Waals surface area contributed by atoms with Gasteiger partial charge in [-0.05, 0) is 83.4 Å². The van der Waals surface area contributed by atoms with Gasteiger partial charge in [-0.15, -0.1) is 0 Å². The highest BCUT2D eigenvalue weighted by Crippen LogP contribution is 2.51. The van der Waals surface area contributed by atoms with E-state index in [1.54, 1.807) is 0 Å². The maximum atomic E-state index is 8.90. The fraction of sp³-hybridized carbons (Fsp3) is 0.0435. The number of rotatable bonds is 3.